The Morgan fingerprint density at radius 2 is 1.96 bits per heavy atom. The maximum absolute atomic E-state index is 14.1. The van der Waals surface area contributed by atoms with Crippen molar-refractivity contribution >= 4 is 40.9 Å². The zero-order chi connectivity index (χ0) is 19.5. The number of amides is 1. The molecule has 0 aliphatic carbocycles. The minimum atomic E-state index is -0.591. The lowest BCUT2D eigenvalue weighted by Gasteiger charge is -2.16. The van der Waals surface area contributed by atoms with Crippen molar-refractivity contribution in [1.29, 1.82) is 0 Å². The topological polar surface area (TPSA) is 55.4 Å². The van der Waals surface area contributed by atoms with Gasteiger partial charge in [-0.3, -0.25) is 9.59 Å². The molecule has 4 nitrogen and oxygen atoms in total. The van der Waals surface area contributed by atoms with Crippen LogP contribution in [-0.4, -0.2) is 23.7 Å². The number of esters is 1. The van der Waals surface area contributed by atoms with Crippen molar-refractivity contribution in [2.24, 2.45) is 0 Å². The fourth-order valence-corrected chi connectivity index (χ4v) is 3.80. The molecule has 0 aromatic heterocycles. The van der Waals surface area contributed by atoms with Crippen molar-refractivity contribution in [2.75, 3.05) is 11.9 Å². The Morgan fingerprint density at radius 1 is 1.23 bits per heavy atom. The molecular weight excluding hydrogens is 377 g/mol. The van der Waals surface area contributed by atoms with Crippen LogP contribution < -0.4 is 5.32 Å². The minimum absolute atomic E-state index is 0.0810. The Labute approximate surface area is 164 Å². The number of nitrogens with one attached hydrogen (secondary N) is 1. The molecule has 1 amide bonds. The van der Waals surface area contributed by atoms with Crippen LogP contribution >= 0.6 is 23.4 Å². The van der Waals surface area contributed by atoms with Gasteiger partial charge in [0.1, 0.15) is 11.1 Å². The SMILES string of the molecule is CCCCCC(=O)Nc1cc(SC(CCC)C(=O)OCC)c(Cl)cc1F. The fourth-order valence-electron chi connectivity index (χ4n) is 2.34. The number of thioether (sulfide) groups is 1. The first-order chi connectivity index (χ1) is 12.4. The van der Waals surface area contributed by atoms with Crippen LogP contribution in [-0.2, 0) is 14.3 Å². The third-order valence-corrected chi connectivity index (χ3v) is 5.40. The van der Waals surface area contributed by atoms with Gasteiger partial charge < -0.3 is 10.1 Å². The molecule has 0 radical (unpaired) electrons. The summed E-state index contributed by atoms with van der Waals surface area (Å²) in [5, 5.41) is 2.38. The van der Waals surface area contributed by atoms with Crippen LogP contribution in [0.25, 0.3) is 0 Å². The zero-order valence-corrected chi connectivity index (χ0v) is 17.1. The summed E-state index contributed by atoms with van der Waals surface area (Å²) in [6.45, 7) is 6.08. The van der Waals surface area contributed by atoms with Gasteiger partial charge >= 0.3 is 5.97 Å². The Kier molecular flexibility index (Phi) is 10.7. The maximum atomic E-state index is 14.1. The second kappa shape index (κ2) is 12.2. The molecule has 0 heterocycles. The van der Waals surface area contributed by atoms with Gasteiger partial charge in [-0.2, -0.15) is 0 Å². The van der Waals surface area contributed by atoms with Gasteiger partial charge in [0, 0.05) is 11.3 Å². The molecule has 0 aliphatic rings. The molecule has 0 bridgehead atoms. The van der Waals surface area contributed by atoms with Crippen LogP contribution in [0.1, 0.15) is 59.3 Å². The molecule has 0 spiro atoms. The number of ether oxygens (including phenoxy) is 1. The van der Waals surface area contributed by atoms with E-state index in [0.717, 1.165) is 25.7 Å². The van der Waals surface area contributed by atoms with Gasteiger partial charge in [-0.05, 0) is 31.9 Å². The summed E-state index contributed by atoms with van der Waals surface area (Å²) in [5.41, 5.74) is 0.0810. The molecule has 1 aromatic carbocycles. The highest BCUT2D eigenvalue weighted by Gasteiger charge is 2.22. The summed E-state index contributed by atoms with van der Waals surface area (Å²) in [6, 6.07) is 2.65. The third kappa shape index (κ3) is 7.54. The van der Waals surface area contributed by atoms with Gasteiger partial charge in [-0.15, -0.1) is 11.8 Å². The van der Waals surface area contributed by atoms with Gasteiger partial charge in [-0.1, -0.05) is 44.7 Å². The molecule has 1 rings (SSSR count). The van der Waals surface area contributed by atoms with E-state index in [-0.39, 0.29) is 22.6 Å². The van der Waals surface area contributed by atoms with E-state index >= 15 is 0 Å². The number of hydrogen-bond acceptors (Lipinski definition) is 4. The molecule has 26 heavy (non-hydrogen) atoms. The fraction of sp³-hybridized carbons (Fsp3) is 0.579. The number of carbonyl (C=O) groups is 2. The highest BCUT2D eigenvalue weighted by molar-refractivity contribution is 8.00. The number of halogens is 2. The van der Waals surface area contributed by atoms with E-state index in [1.165, 1.54) is 23.9 Å². The minimum Gasteiger partial charge on any atom is -0.465 e. The standard InChI is InChI=1S/C19H27ClFNO3S/c1-4-7-8-10-18(23)22-15-12-17(13(20)11-14(15)21)26-16(9-5-2)19(24)25-6-3/h11-12,16H,4-10H2,1-3H3,(H,22,23). The van der Waals surface area contributed by atoms with Crippen molar-refractivity contribution in [2.45, 2.75) is 69.4 Å². The van der Waals surface area contributed by atoms with Crippen molar-refractivity contribution in [3.63, 3.8) is 0 Å². The zero-order valence-electron chi connectivity index (χ0n) is 15.6. The first kappa shape index (κ1) is 22.8. The molecule has 0 saturated carbocycles. The van der Waals surface area contributed by atoms with Crippen LogP contribution in [0.5, 0.6) is 0 Å². The molecule has 1 atom stereocenters. The van der Waals surface area contributed by atoms with Gasteiger partial charge in [0.2, 0.25) is 5.91 Å². The number of carbonyl (C=O) groups excluding carboxylic acids is 2. The van der Waals surface area contributed by atoms with Crippen LogP contribution in [0, 0.1) is 5.82 Å². The summed E-state index contributed by atoms with van der Waals surface area (Å²) in [7, 11) is 0. The second-order valence-electron chi connectivity index (χ2n) is 5.91. The lowest BCUT2D eigenvalue weighted by Crippen LogP contribution is -2.20. The molecule has 1 unspecified atom stereocenters. The second-order valence-corrected chi connectivity index (χ2v) is 7.57. The predicted molar refractivity (Wildman–Crippen MR) is 105 cm³/mol. The van der Waals surface area contributed by atoms with Crippen molar-refractivity contribution in [3.05, 3.63) is 23.0 Å². The largest absolute Gasteiger partial charge is 0.465 e. The first-order valence-corrected chi connectivity index (χ1v) is 10.3. The van der Waals surface area contributed by atoms with Gasteiger partial charge in [0.05, 0.1) is 17.3 Å². The Hall–Kier alpha value is -1.27. The average molecular weight is 404 g/mol. The van der Waals surface area contributed by atoms with Gasteiger partial charge in [0.15, 0.2) is 0 Å². The summed E-state index contributed by atoms with van der Waals surface area (Å²) in [4.78, 5) is 24.6. The van der Waals surface area contributed by atoms with Crippen LogP contribution in [0.4, 0.5) is 10.1 Å². The first-order valence-electron chi connectivity index (χ1n) is 9.05. The van der Waals surface area contributed by atoms with Crippen molar-refractivity contribution in [3.8, 4) is 0 Å². The van der Waals surface area contributed by atoms with Gasteiger partial charge in [-0.25, -0.2) is 4.39 Å². The Bertz CT molecular complexity index is 613. The van der Waals surface area contributed by atoms with E-state index < -0.39 is 11.1 Å². The van der Waals surface area contributed by atoms with Crippen molar-refractivity contribution in [1.82, 2.24) is 0 Å². The van der Waals surface area contributed by atoms with E-state index in [0.29, 0.717) is 24.3 Å². The Balaban J connectivity index is 2.91. The predicted octanol–water partition coefficient (Wildman–Crippen LogP) is 5.82. The van der Waals surface area contributed by atoms with E-state index in [2.05, 4.69) is 12.2 Å². The number of rotatable bonds is 11. The summed E-state index contributed by atoms with van der Waals surface area (Å²) in [6.07, 6.45) is 4.50. The Morgan fingerprint density at radius 3 is 2.58 bits per heavy atom. The molecule has 0 saturated heterocycles. The number of benzene rings is 1. The number of unbranched alkanes of at least 4 members (excludes halogenated alkanes) is 2. The van der Waals surface area contributed by atoms with E-state index in [9.17, 15) is 14.0 Å². The van der Waals surface area contributed by atoms with E-state index in [1.807, 2.05) is 6.92 Å². The molecule has 0 aliphatic heterocycles. The molecule has 1 aromatic rings. The monoisotopic (exact) mass is 403 g/mol. The maximum Gasteiger partial charge on any atom is 0.319 e. The summed E-state index contributed by atoms with van der Waals surface area (Å²) >= 11 is 7.38. The van der Waals surface area contributed by atoms with E-state index in [4.69, 9.17) is 16.3 Å². The average Bonchev–Trinajstić information content (AvgIpc) is 2.59. The van der Waals surface area contributed by atoms with Crippen LogP contribution in [0.3, 0.4) is 0 Å². The molecule has 7 heteroatoms. The summed E-state index contributed by atoms with van der Waals surface area (Å²) in [5.74, 6) is -1.14. The smallest absolute Gasteiger partial charge is 0.319 e. The normalized spacial score (nSPS) is 11.9. The highest BCUT2D eigenvalue weighted by Crippen LogP contribution is 2.36. The third-order valence-electron chi connectivity index (χ3n) is 3.67. The number of hydrogen-bond donors (Lipinski definition) is 1. The number of anilines is 1. The van der Waals surface area contributed by atoms with Gasteiger partial charge in [0.25, 0.3) is 0 Å². The quantitative estimate of drug-likeness (QED) is 0.287. The molecule has 1 N–H and O–H groups in total. The van der Waals surface area contributed by atoms with Crippen LogP contribution in [0.2, 0.25) is 5.02 Å². The lowest BCUT2D eigenvalue weighted by molar-refractivity contribution is -0.142. The lowest BCUT2D eigenvalue weighted by atomic mass is 10.2. The van der Waals surface area contributed by atoms with E-state index in [1.54, 1.807) is 6.92 Å². The molecule has 0 fully saturated rings. The summed E-state index contributed by atoms with van der Waals surface area (Å²) < 4.78 is 19.2. The highest BCUT2D eigenvalue weighted by atomic mass is 35.5. The van der Waals surface area contributed by atoms with Crippen LogP contribution in [0.15, 0.2) is 17.0 Å². The van der Waals surface area contributed by atoms with Crippen molar-refractivity contribution < 1.29 is 18.7 Å². The molecule has 146 valence electrons. The molecular formula is C19H27ClFNO3S.